The van der Waals surface area contributed by atoms with E-state index in [-0.39, 0.29) is 10.8 Å². The molecule has 23 heavy (non-hydrogen) atoms. The molecule has 6 nitrogen and oxygen atoms in total. The number of nitrogens with one attached hydrogen (secondary N) is 2. The van der Waals surface area contributed by atoms with E-state index in [2.05, 4.69) is 28.2 Å². The summed E-state index contributed by atoms with van der Waals surface area (Å²) in [5.41, 5.74) is 1.13. The number of carbonyl (C=O) groups is 1. The lowest BCUT2D eigenvalue weighted by Gasteiger charge is -2.08. The topological polar surface area (TPSA) is 88.2 Å². The van der Waals surface area contributed by atoms with Crippen molar-refractivity contribution >= 4 is 21.6 Å². The van der Waals surface area contributed by atoms with Gasteiger partial charge in [-0.15, -0.1) is 0 Å². The van der Waals surface area contributed by atoms with E-state index in [1.165, 1.54) is 24.5 Å². The predicted octanol–water partition coefficient (Wildman–Crippen LogP) is 2.49. The zero-order valence-electron chi connectivity index (χ0n) is 13.0. The number of aromatic nitrogens is 1. The zero-order valence-corrected chi connectivity index (χ0v) is 13.9. The van der Waals surface area contributed by atoms with Gasteiger partial charge in [-0.1, -0.05) is 19.2 Å². The minimum absolute atomic E-state index is 0.148. The fraction of sp³-hybridized carbons (Fsp3) is 0.125. The predicted molar refractivity (Wildman–Crippen MR) is 91.8 cm³/mol. The third kappa shape index (κ3) is 5.91. The molecular weight excluding hydrogens is 314 g/mol. The van der Waals surface area contributed by atoms with Crippen molar-refractivity contribution in [2.45, 2.75) is 13.8 Å². The van der Waals surface area contributed by atoms with Crippen LogP contribution in [0.1, 0.15) is 13.8 Å². The van der Waals surface area contributed by atoms with E-state index >= 15 is 0 Å². The van der Waals surface area contributed by atoms with Gasteiger partial charge in [0.15, 0.2) is 0 Å². The number of anilines is 1. The van der Waals surface area contributed by atoms with Crippen molar-refractivity contribution in [1.82, 2.24) is 10.3 Å². The highest BCUT2D eigenvalue weighted by Crippen LogP contribution is 2.13. The Morgan fingerprint density at radius 1 is 1.30 bits per heavy atom. The number of sulfonamides is 1. The van der Waals surface area contributed by atoms with Crippen LogP contribution in [-0.2, 0) is 14.8 Å². The van der Waals surface area contributed by atoms with Gasteiger partial charge in [-0.05, 0) is 38.1 Å². The summed E-state index contributed by atoms with van der Waals surface area (Å²) in [4.78, 5) is 15.2. The number of hydrogen-bond acceptors (Lipinski definition) is 4. The van der Waals surface area contributed by atoms with Crippen LogP contribution in [0.5, 0.6) is 0 Å². The first-order valence-electron chi connectivity index (χ1n) is 6.69. The second kappa shape index (κ2) is 8.09. The number of hydrogen-bond donors (Lipinski definition) is 2. The summed E-state index contributed by atoms with van der Waals surface area (Å²) in [5.74, 6) is -0.343. The number of pyridine rings is 1. The summed E-state index contributed by atoms with van der Waals surface area (Å²) in [5, 5.41) is 2.59. The quantitative estimate of drug-likeness (QED) is 0.593. The molecule has 0 saturated carbocycles. The van der Waals surface area contributed by atoms with Gasteiger partial charge < -0.3 is 5.32 Å². The van der Waals surface area contributed by atoms with Crippen LogP contribution in [0.3, 0.4) is 0 Å². The van der Waals surface area contributed by atoms with Crippen molar-refractivity contribution in [2.75, 3.05) is 4.72 Å². The average Bonchev–Trinajstić information content (AvgIpc) is 2.51. The monoisotopic (exact) mass is 333 g/mol. The molecule has 0 atom stereocenters. The van der Waals surface area contributed by atoms with Gasteiger partial charge in [-0.2, -0.15) is 0 Å². The summed E-state index contributed by atoms with van der Waals surface area (Å²) >= 11 is 0. The molecule has 0 aliphatic carbocycles. The van der Waals surface area contributed by atoms with Crippen molar-refractivity contribution in [3.63, 3.8) is 0 Å². The molecule has 0 aliphatic rings. The summed E-state index contributed by atoms with van der Waals surface area (Å²) < 4.78 is 26.6. The van der Waals surface area contributed by atoms with Crippen LogP contribution in [0, 0.1) is 0 Å². The largest absolute Gasteiger partial charge is 0.323 e. The average molecular weight is 333 g/mol. The lowest BCUT2D eigenvalue weighted by Crippen LogP contribution is -2.22. The van der Waals surface area contributed by atoms with Crippen LogP contribution in [0.2, 0.25) is 0 Å². The van der Waals surface area contributed by atoms with E-state index in [1.807, 2.05) is 0 Å². The van der Waals surface area contributed by atoms with Crippen molar-refractivity contribution in [2.24, 2.45) is 0 Å². The van der Waals surface area contributed by atoms with Crippen LogP contribution < -0.4 is 10.0 Å². The van der Waals surface area contributed by atoms with E-state index in [0.717, 1.165) is 0 Å². The maximum Gasteiger partial charge on any atom is 0.261 e. The molecule has 122 valence electrons. The van der Waals surface area contributed by atoms with Crippen molar-refractivity contribution in [1.29, 1.82) is 0 Å². The summed E-state index contributed by atoms with van der Waals surface area (Å²) in [6.07, 6.45) is 7.30. The molecule has 1 aromatic rings. The Bertz CT molecular complexity index is 763. The molecule has 2 N–H and O–H groups in total. The lowest BCUT2D eigenvalue weighted by atomic mass is 10.3. The van der Waals surface area contributed by atoms with Gasteiger partial charge in [0.25, 0.3) is 15.9 Å². The highest BCUT2D eigenvalue weighted by molar-refractivity contribution is 7.96. The molecule has 0 fully saturated rings. The maximum absolute atomic E-state index is 12.1. The molecule has 1 amide bonds. The Morgan fingerprint density at radius 2 is 2.00 bits per heavy atom. The first kappa shape index (κ1) is 18.4. The molecular formula is C16H19N3O3S. The van der Waals surface area contributed by atoms with Crippen LogP contribution in [0.15, 0.2) is 72.1 Å². The van der Waals surface area contributed by atoms with Gasteiger partial charge in [0.05, 0.1) is 16.8 Å². The van der Waals surface area contributed by atoms with Gasteiger partial charge in [-0.3, -0.25) is 14.5 Å². The Hall–Kier alpha value is -2.67. The van der Waals surface area contributed by atoms with Crippen LogP contribution >= 0.6 is 0 Å². The fourth-order valence-corrected chi connectivity index (χ4v) is 2.17. The molecule has 0 spiro atoms. The fourth-order valence-electron chi connectivity index (χ4n) is 1.36. The van der Waals surface area contributed by atoms with Crippen LogP contribution in [-0.4, -0.2) is 19.3 Å². The van der Waals surface area contributed by atoms with Crippen molar-refractivity contribution in [3.05, 3.63) is 72.1 Å². The minimum Gasteiger partial charge on any atom is -0.323 e. The summed E-state index contributed by atoms with van der Waals surface area (Å²) in [6.45, 7) is 10.3. The van der Waals surface area contributed by atoms with Crippen LogP contribution in [0.25, 0.3) is 0 Å². The maximum atomic E-state index is 12.1. The summed E-state index contributed by atoms with van der Waals surface area (Å²) in [6, 6.07) is 3.19. The van der Waals surface area contributed by atoms with E-state index < -0.39 is 10.0 Å². The molecule has 0 saturated heterocycles. The molecule has 0 bridgehead atoms. The molecule has 0 aromatic carbocycles. The second-order valence-corrected chi connectivity index (χ2v) is 6.36. The number of amides is 1. The molecule has 0 unspecified atom stereocenters. The Kier molecular flexibility index (Phi) is 6.47. The zero-order chi connectivity index (χ0) is 17.5. The van der Waals surface area contributed by atoms with Crippen LogP contribution in [0.4, 0.5) is 5.69 Å². The van der Waals surface area contributed by atoms with Crippen molar-refractivity contribution in [3.8, 4) is 0 Å². The van der Waals surface area contributed by atoms with Gasteiger partial charge in [0, 0.05) is 17.5 Å². The first-order chi connectivity index (χ1) is 10.8. The van der Waals surface area contributed by atoms with Crippen molar-refractivity contribution < 1.29 is 13.2 Å². The third-order valence-corrected chi connectivity index (χ3v) is 4.00. The molecule has 0 radical (unpaired) electrons. The highest BCUT2D eigenvalue weighted by Gasteiger charge is 2.13. The number of carbonyl (C=O) groups excluding carboxylic acids is 1. The molecule has 1 aromatic heterocycles. The smallest absolute Gasteiger partial charge is 0.261 e. The number of rotatable bonds is 7. The number of nitrogens with zero attached hydrogens (tertiary/aromatic N) is 1. The standard InChI is InChI=1S/C16H19N3O3S/c1-5-14(18-16(20)12(2)3)9-8-13(4)23(21,22)19-15-7-6-10-17-11-15/h5-11,19H,2,4H2,1,3H3,(H,18,20)/b9-8-,14-5+. The Morgan fingerprint density at radius 3 is 2.52 bits per heavy atom. The van der Waals surface area contributed by atoms with Gasteiger partial charge >= 0.3 is 0 Å². The Labute approximate surface area is 136 Å². The van der Waals surface area contributed by atoms with E-state index in [1.54, 1.807) is 32.1 Å². The van der Waals surface area contributed by atoms with Gasteiger partial charge in [0.2, 0.25) is 0 Å². The first-order valence-corrected chi connectivity index (χ1v) is 8.17. The molecule has 1 rings (SSSR count). The number of allylic oxidation sites excluding steroid dienone is 3. The molecule has 7 heteroatoms. The summed E-state index contributed by atoms with van der Waals surface area (Å²) in [7, 11) is -3.79. The SMILES string of the molecule is C=C(C)C(=O)NC(/C=C\C(=C)S(=O)(=O)Nc1cccnc1)=C/C. The minimum atomic E-state index is -3.79. The lowest BCUT2D eigenvalue weighted by molar-refractivity contribution is -0.116. The Balaban J connectivity index is 2.80. The van der Waals surface area contributed by atoms with E-state index in [0.29, 0.717) is 17.0 Å². The van der Waals surface area contributed by atoms with E-state index in [9.17, 15) is 13.2 Å². The van der Waals surface area contributed by atoms with Gasteiger partial charge in [-0.25, -0.2) is 8.42 Å². The second-order valence-electron chi connectivity index (χ2n) is 4.63. The normalized spacial score (nSPS) is 12.0. The highest BCUT2D eigenvalue weighted by atomic mass is 32.2. The third-order valence-electron chi connectivity index (χ3n) is 2.66. The molecule has 1 heterocycles. The van der Waals surface area contributed by atoms with E-state index in [4.69, 9.17) is 0 Å². The van der Waals surface area contributed by atoms with Gasteiger partial charge in [0.1, 0.15) is 0 Å². The molecule has 0 aliphatic heterocycles.